The number of hydrogen-bond donors (Lipinski definition) is 2. The van der Waals surface area contributed by atoms with Crippen molar-refractivity contribution in [3.63, 3.8) is 0 Å². The van der Waals surface area contributed by atoms with Crippen LogP contribution in [0.15, 0.2) is 6.20 Å². The number of aliphatic hydroxyl groups excluding tert-OH is 1. The van der Waals surface area contributed by atoms with Gasteiger partial charge in [-0.15, -0.1) is 0 Å². The molecule has 1 aromatic heterocycles. The molecule has 0 spiro atoms. The van der Waals surface area contributed by atoms with Crippen LogP contribution in [0.3, 0.4) is 0 Å². The zero-order valence-corrected chi connectivity index (χ0v) is 11.7. The van der Waals surface area contributed by atoms with Crippen LogP contribution in [-0.4, -0.2) is 39.2 Å². The third-order valence-electron chi connectivity index (χ3n) is 2.99. The summed E-state index contributed by atoms with van der Waals surface area (Å²) < 4.78 is 6.37. The first-order chi connectivity index (χ1) is 8.94. The Morgan fingerprint density at radius 3 is 2.79 bits per heavy atom. The second kappa shape index (κ2) is 6.56. The highest BCUT2D eigenvalue weighted by Gasteiger charge is 2.27. The monoisotopic (exact) mass is 270 g/mol. The third-order valence-corrected chi connectivity index (χ3v) is 2.99. The first-order valence-electron chi connectivity index (χ1n) is 6.49. The Morgan fingerprint density at radius 1 is 1.53 bits per heavy atom. The summed E-state index contributed by atoms with van der Waals surface area (Å²) in [7, 11) is 0. The van der Waals surface area contributed by atoms with Crippen LogP contribution in [0.5, 0.6) is 5.88 Å². The number of carbonyl (C=O) groups is 1. The van der Waals surface area contributed by atoms with Gasteiger partial charge in [-0.25, -0.2) is 9.48 Å². The topological polar surface area (TPSA) is 84.6 Å². The van der Waals surface area contributed by atoms with Crippen molar-refractivity contribution in [2.75, 3.05) is 13.2 Å². The molecule has 108 valence electrons. The lowest BCUT2D eigenvalue weighted by atomic mass is 10.0. The van der Waals surface area contributed by atoms with Crippen LogP contribution in [-0.2, 0) is 10.3 Å². The van der Waals surface area contributed by atoms with Crippen LogP contribution in [0.4, 0.5) is 0 Å². The lowest BCUT2D eigenvalue weighted by molar-refractivity contribution is 0.0495. The van der Waals surface area contributed by atoms with Gasteiger partial charge in [-0.05, 0) is 26.7 Å². The molecule has 6 heteroatoms. The molecule has 0 aliphatic carbocycles. The van der Waals surface area contributed by atoms with Crippen molar-refractivity contribution in [3.05, 3.63) is 11.8 Å². The summed E-state index contributed by atoms with van der Waals surface area (Å²) in [4.78, 5) is 11.8. The van der Waals surface area contributed by atoms with Gasteiger partial charge >= 0.3 is 5.97 Å². The van der Waals surface area contributed by atoms with Crippen LogP contribution >= 0.6 is 0 Å². The van der Waals surface area contributed by atoms with Gasteiger partial charge in [-0.3, -0.25) is 0 Å². The largest absolute Gasteiger partial charge is 0.493 e. The Hall–Kier alpha value is -1.56. The van der Waals surface area contributed by atoms with Gasteiger partial charge in [0.25, 0.3) is 0 Å². The van der Waals surface area contributed by atoms with Gasteiger partial charge in [-0.2, -0.15) is 5.10 Å². The van der Waals surface area contributed by atoms with Crippen molar-refractivity contribution in [2.24, 2.45) is 0 Å². The van der Waals surface area contributed by atoms with E-state index in [-0.39, 0.29) is 18.1 Å². The zero-order valence-electron chi connectivity index (χ0n) is 11.7. The van der Waals surface area contributed by atoms with Crippen molar-refractivity contribution >= 4 is 5.97 Å². The molecule has 0 aliphatic rings. The normalized spacial score (nSPS) is 11.6. The summed E-state index contributed by atoms with van der Waals surface area (Å²) in [5.74, 6) is -0.794. The maximum atomic E-state index is 11.8. The van der Waals surface area contributed by atoms with Crippen LogP contribution < -0.4 is 0 Å². The number of rotatable bonds is 7. The minimum atomic E-state index is -0.572. The third kappa shape index (κ3) is 3.70. The first kappa shape index (κ1) is 15.5. The molecule has 0 radical (unpaired) electrons. The highest BCUT2D eigenvalue weighted by atomic mass is 16.5. The van der Waals surface area contributed by atoms with Crippen molar-refractivity contribution < 1.29 is 19.7 Å². The molecule has 2 N–H and O–H groups in total. The predicted molar refractivity (Wildman–Crippen MR) is 70.1 cm³/mol. The van der Waals surface area contributed by atoms with Gasteiger partial charge < -0.3 is 14.9 Å². The number of aromatic hydroxyl groups is 1. The number of aliphatic hydroxyl groups is 1. The quantitative estimate of drug-likeness (QED) is 0.581. The van der Waals surface area contributed by atoms with Crippen LogP contribution in [0, 0.1) is 0 Å². The van der Waals surface area contributed by atoms with E-state index in [1.54, 1.807) is 0 Å². The number of unbranched alkanes of at least 4 members (excludes halogenated alkanes) is 1. The standard InChI is InChI=1S/C13H22N2O4/c1-4-5-8-19-12(18)10-9-14-15(11(10)17)13(2,3)6-7-16/h9,16-17H,4-8H2,1-3H3. The van der Waals surface area contributed by atoms with Crippen LogP contribution in [0.25, 0.3) is 0 Å². The summed E-state index contributed by atoms with van der Waals surface area (Å²) in [6.45, 7) is 5.95. The summed E-state index contributed by atoms with van der Waals surface area (Å²) in [6.07, 6.45) is 3.44. The molecule has 0 saturated carbocycles. The van der Waals surface area contributed by atoms with E-state index < -0.39 is 11.5 Å². The zero-order chi connectivity index (χ0) is 14.5. The van der Waals surface area contributed by atoms with Crippen molar-refractivity contribution in [2.45, 2.75) is 45.6 Å². The van der Waals surface area contributed by atoms with Crippen LogP contribution in [0.2, 0.25) is 0 Å². The van der Waals surface area contributed by atoms with Crippen LogP contribution in [0.1, 0.15) is 50.4 Å². The maximum absolute atomic E-state index is 11.8. The smallest absolute Gasteiger partial charge is 0.345 e. The molecular weight excluding hydrogens is 248 g/mol. The van der Waals surface area contributed by atoms with E-state index in [4.69, 9.17) is 9.84 Å². The molecule has 0 amide bonds. The fourth-order valence-corrected chi connectivity index (χ4v) is 1.70. The Labute approximate surface area is 113 Å². The molecular formula is C13H22N2O4. The number of carbonyl (C=O) groups excluding carboxylic acids is 1. The molecule has 0 saturated heterocycles. The lowest BCUT2D eigenvalue weighted by Crippen LogP contribution is -2.28. The highest BCUT2D eigenvalue weighted by Crippen LogP contribution is 2.27. The van der Waals surface area contributed by atoms with Gasteiger partial charge in [0.05, 0.1) is 18.3 Å². The van der Waals surface area contributed by atoms with E-state index in [2.05, 4.69) is 5.10 Å². The number of nitrogens with zero attached hydrogens (tertiary/aromatic N) is 2. The second-order valence-corrected chi connectivity index (χ2v) is 5.07. The fraction of sp³-hybridized carbons (Fsp3) is 0.692. The predicted octanol–water partition coefficient (Wildman–Crippen LogP) is 1.66. The van der Waals surface area contributed by atoms with Gasteiger partial charge in [0, 0.05) is 6.61 Å². The Bertz CT molecular complexity index is 426. The number of aromatic nitrogens is 2. The minimum absolute atomic E-state index is 0.0252. The Morgan fingerprint density at radius 2 is 2.21 bits per heavy atom. The van der Waals surface area contributed by atoms with Gasteiger partial charge in [-0.1, -0.05) is 13.3 Å². The van der Waals surface area contributed by atoms with E-state index in [0.717, 1.165) is 12.8 Å². The Balaban J connectivity index is 2.83. The fourth-order valence-electron chi connectivity index (χ4n) is 1.70. The van der Waals surface area contributed by atoms with E-state index in [1.807, 2.05) is 20.8 Å². The molecule has 1 heterocycles. The van der Waals surface area contributed by atoms with E-state index in [1.165, 1.54) is 10.9 Å². The van der Waals surface area contributed by atoms with E-state index in [9.17, 15) is 9.90 Å². The summed E-state index contributed by atoms with van der Waals surface area (Å²) >= 11 is 0. The molecule has 0 aliphatic heterocycles. The average Bonchev–Trinajstić information content (AvgIpc) is 2.72. The molecule has 0 aromatic carbocycles. The molecule has 0 fully saturated rings. The lowest BCUT2D eigenvalue weighted by Gasteiger charge is -2.24. The highest BCUT2D eigenvalue weighted by molar-refractivity contribution is 5.91. The number of ether oxygens (including phenoxy) is 1. The molecule has 0 unspecified atom stereocenters. The molecule has 0 atom stereocenters. The van der Waals surface area contributed by atoms with Gasteiger partial charge in [0.2, 0.25) is 5.88 Å². The van der Waals surface area contributed by atoms with E-state index >= 15 is 0 Å². The summed E-state index contributed by atoms with van der Waals surface area (Å²) in [6, 6.07) is 0. The minimum Gasteiger partial charge on any atom is -0.493 e. The second-order valence-electron chi connectivity index (χ2n) is 5.07. The maximum Gasteiger partial charge on any atom is 0.345 e. The van der Waals surface area contributed by atoms with Crippen molar-refractivity contribution in [3.8, 4) is 5.88 Å². The average molecular weight is 270 g/mol. The molecule has 6 nitrogen and oxygen atoms in total. The molecule has 1 aromatic rings. The SMILES string of the molecule is CCCCOC(=O)c1cnn(C(C)(C)CCO)c1O. The summed E-state index contributed by atoms with van der Waals surface area (Å²) in [5, 5.41) is 23.0. The molecule has 0 bridgehead atoms. The van der Waals surface area contributed by atoms with Gasteiger partial charge in [0.15, 0.2) is 0 Å². The van der Waals surface area contributed by atoms with Crippen molar-refractivity contribution in [1.82, 2.24) is 9.78 Å². The summed E-state index contributed by atoms with van der Waals surface area (Å²) in [5.41, 5.74) is -0.511. The molecule has 1 rings (SSSR count). The first-order valence-corrected chi connectivity index (χ1v) is 6.49. The molecule has 19 heavy (non-hydrogen) atoms. The van der Waals surface area contributed by atoms with Gasteiger partial charge in [0.1, 0.15) is 5.56 Å². The van der Waals surface area contributed by atoms with E-state index in [0.29, 0.717) is 13.0 Å². The Kier molecular flexibility index (Phi) is 5.35. The van der Waals surface area contributed by atoms with Crippen molar-refractivity contribution in [1.29, 1.82) is 0 Å². The number of esters is 1. The number of hydrogen-bond acceptors (Lipinski definition) is 5.